The zero-order chi connectivity index (χ0) is 13.9. The second kappa shape index (κ2) is 5.89. The summed E-state index contributed by atoms with van der Waals surface area (Å²) in [5.74, 6) is 1.43. The first kappa shape index (κ1) is 13.5. The van der Waals surface area contributed by atoms with E-state index in [0.29, 0.717) is 5.92 Å². The minimum atomic E-state index is 0.285. The van der Waals surface area contributed by atoms with Crippen LogP contribution in [0.5, 0.6) is 0 Å². The molecule has 2 heterocycles. The number of hydrogen-bond donors (Lipinski definition) is 0. The van der Waals surface area contributed by atoms with E-state index in [1.165, 1.54) is 11.5 Å². The van der Waals surface area contributed by atoms with Gasteiger partial charge in [0.25, 0.3) is 0 Å². The SMILES string of the molecule is COC1CN(c2nc(-c3ccccc3)ns2)CCC1C. The smallest absolute Gasteiger partial charge is 0.205 e. The molecule has 2 unspecified atom stereocenters. The van der Waals surface area contributed by atoms with Crippen LogP contribution in [0.25, 0.3) is 11.4 Å². The molecule has 2 aromatic rings. The van der Waals surface area contributed by atoms with E-state index in [1.54, 1.807) is 7.11 Å². The number of piperidine rings is 1. The van der Waals surface area contributed by atoms with E-state index in [1.807, 2.05) is 30.3 Å². The van der Waals surface area contributed by atoms with Gasteiger partial charge in [0.15, 0.2) is 5.82 Å². The van der Waals surface area contributed by atoms with Crippen LogP contribution in [0.4, 0.5) is 5.13 Å². The molecule has 1 aliphatic rings. The van der Waals surface area contributed by atoms with E-state index in [9.17, 15) is 0 Å². The van der Waals surface area contributed by atoms with Crippen molar-refractivity contribution in [2.75, 3.05) is 25.1 Å². The van der Waals surface area contributed by atoms with Crippen LogP contribution >= 0.6 is 11.5 Å². The molecule has 2 atom stereocenters. The lowest BCUT2D eigenvalue weighted by Gasteiger charge is -2.35. The van der Waals surface area contributed by atoms with Gasteiger partial charge in [-0.25, -0.2) is 0 Å². The quantitative estimate of drug-likeness (QED) is 0.870. The van der Waals surface area contributed by atoms with E-state index in [4.69, 9.17) is 4.74 Å². The zero-order valence-corrected chi connectivity index (χ0v) is 12.6. The molecule has 106 valence electrons. The highest BCUT2D eigenvalue weighted by Crippen LogP contribution is 2.28. The number of ether oxygens (including phenoxy) is 1. The van der Waals surface area contributed by atoms with Crippen molar-refractivity contribution in [1.82, 2.24) is 9.36 Å². The summed E-state index contributed by atoms with van der Waals surface area (Å²) in [5, 5.41) is 0.998. The Morgan fingerprint density at radius 1 is 1.30 bits per heavy atom. The summed E-state index contributed by atoms with van der Waals surface area (Å²) in [6.07, 6.45) is 1.42. The van der Waals surface area contributed by atoms with Crippen LogP contribution in [-0.2, 0) is 4.74 Å². The second-order valence-electron chi connectivity index (χ2n) is 5.25. The number of rotatable bonds is 3. The third kappa shape index (κ3) is 2.69. The molecule has 4 nitrogen and oxygen atoms in total. The van der Waals surface area contributed by atoms with Gasteiger partial charge in [-0.2, -0.15) is 9.36 Å². The van der Waals surface area contributed by atoms with Gasteiger partial charge in [-0.3, -0.25) is 0 Å². The van der Waals surface area contributed by atoms with Crippen molar-refractivity contribution in [2.45, 2.75) is 19.4 Å². The standard InChI is InChI=1S/C15H19N3OS/c1-11-8-9-18(10-13(11)19-2)15-16-14(17-20-15)12-6-4-3-5-7-12/h3-7,11,13H,8-10H2,1-2H3. The van der Waals surface area contributed by atoms with Crippen LogP contribution in [0.15, 0.2) is 30.3 Å². The normalized spacial score (nSPS) is 23.0. The Labute approximate surface area is 123 Å². The van der Waals surface area contributed by atoms with Crippen LogP contribution in [0, 0.1) is 5.92 Å². The summed E-state index contributed by atoms with van der Waals surface area (Å²) in [6, 6.07) is 10.1. The minimum Gasteiger partial charge on any atom is -0.379 e. The Morgan fingerprint density at radius 3 is 2.85 bits per heavy atom. The summed E-state index contributed by atoms with van der Waals surface area (Å²) in [6.45, 7) is 4.19. The largest absolute Gasteiger partial charge is 0.379 e. The molecule has 0 aliphatic carbocycles. The van der Waals surface area contributed by atoms with Crippen molar-refractivity contribution in [1.29, 1.82) is 0 Å². The van der Waals surface area contributed by atoms with Crippen LogP contribution < -0.4 is 4.90 Å². The predicted molar refractivity (Wildman–Crippen MR) is 82.1 cm³/mol. The molecule has 5 heteroatoms. The number of aromatic nitrogens is 2. The summed E-state index contributed by atoms with van der Waals surface area (Å²) < 4.78 is 10.0. The molecule has 0 N–H and O–H groups in total. The Morgan fingerprint density at radius 2 is 2.10 bits per heavy atom. The highest BCUT2D eigenvalue weighted by atomic mass is 32.1. The molecular weight excluding hydrogens is 270 g/mol. The number of benzene rings is 1. The van der Waals surface area contributed by atoms with Gasteiger partial charge < -0.3 is 9.64 Å². The number of hydrogen-bond acceptors (Lipinski definition) is 5. The van der Waals surface area contributed by atoms with E-state index in [0.717, 1.165) is 36.0 Å². The molecule has 20 heavy (non-hydrogen) atoms. The van der Waals surface area contributed by atoms with Crippen molar-refractivity contribution in [2.24, 2.45) is 5.92 Å². The average molecular weight is 289 g/mol. The Bertz CT molecular complexity index is 557. The molecule has 1 aliphatic heterocycles. The fourth-order valence-corrected chi connectivity index (χ4v) is 3.29. The highest BCUT2D eigenvalue weighted by Gasteiger charge is 2.27. The van der Waals surface area contributed by atoms with E-state index in [2.05, 4.69) is 21.2 Å². The van der Waals surface area contributed by atoms with Crippen LogP contribution in [0.3, 0.4) is 0 Å². The minimum absolute atomic E-state index is 0.285. The van der Waals surface area contributed by atoms with E-state index >= 15 is 0 Å². The van der Waals surface area contributed by atoms with Crippen LogP contribution in [0.1, 0.15) is 13.3 Å². The van der Waals surface area contributed by atoms with Gasteiger partial charge in [-0.15, -0.1) is 0 Å². The lowest BCUT2D eigenvalue weighted by Crippen LogP contribution is -2.43. The van der Waals surface area contributed by atoms with Gasteiger partial charge in [-0.1, -0.05) is 37.3 Å². The topological polar surface area (TPSA) is 38.2 Å². The van der Waals surface area contributed by atoms with Crippen LogP contribution in [0.2, 0.25) is 0 Å². The van der Waals surface area contributed by atoms with Crippen LogP contribution in [-0.4, -0.2) is 35.7 Å². The monoisotopic (exact) mass is 289 g/mol. The van der Waals surface area contributed by atoms with Crippen molar-refractivity contribution in [3.05, 3.63) is 30.3 Å². The van der Waals surface area contributed by atoms with Gasteiger partial charge >= 0.3 is 0 Å². The molecule has 1 aromatic heterocycles. The number of nitrogens with zero attached hydrogens (tertiary/aromatic N) is 3. The maximum atomic E-state index is 5.56. The Kier molecular flexibility index (Phi) is 3.98. The highest BCUT2D eigenvalue weighted by molar-refractivity contribution is 7.09. The van der Waals surface area contributed by atoms with Gasteiger partial charge in [0.1, 0.15) is 0 Å². The fourth-order valence-electron chi connectivity index (χ4n) is 2.56. The van der Waals surface area contributed by atoms with E-state index in [-0.39, 0.29) is 6.10 Å². The summed E-state index contributed by atoms with van der Waals surface area (Å²) in [5.41, 5.74) is 1.07. The number of anilines is 1. The molecule has 1 fully saturated rings. The second-order valence-corrected chi connectivity index (χ2v) is 5.98. The average Bonchev–Trinajstić information content (AvgIpc) is 2.98. The molecule has 0 saturated carbocycles. The summed E-state index contributed by atoms with van der Waals surface area (Å²) in [7, 11) is 1.79. The van der Waals surface area contributed by atoms with Gasteiger partial charge in [0.05, 0.1) is 6.10 Å². The first-order valence-electron chi connectivity index (χ1n) is 6.95. The predicted octanol–water partition coefficient (Wildman–Crippen LogP) is 3.07. The molecule has 0 amide bonds. The fraction of sp³-hybridized carbons (Fsp3) is 0.467. The van der Waals surface area contributed by atoms with Crippen molar-refractivity contribution < 1.29 is 4.74 Å². The Hall–Kier alpha value is -1.46. The lowest BCUT2D eigenvalue weighted by atomic mass is 9.96. The first-order chi connectivity index (χ1) is 9.78. The van der Waals surface area contributed by atoms with Gasteiger partial charge in [-0.05, 0) is 12.3 Å². The summed E-state index contributed by atoms with van der Waals surface area (Å²) >= 11 is 1.47. The first-order valence-corrected chi connectivity index (χ1v) is 7.72. The van der Waals surface area contributed by atoms with Crippen molar-refractivity contribution in [3.8, 4) is 11.4 Å². The maximum Gasteiger partial charge on any atom is 0.205 e. The third-order valence-corrected chi connectivity index (χ3v) is 4.69. The van der Waals surface area contributed by atoms with Gasteiger partial charge in [0, 0.05) is 37.3 Å². The molecule has 0 bridgehead atoms. The molecule has 1 saturated heterocycles. The van der Waals surface area contributed by atoms with Crippen molar-refractivity contribution in [3.63, 3.8) is 0 Å². The zero-order valence-electron chi connectivity index (χ0n) is 11.8. The van der Waals surface area contributed by atoms with Gasteiger partial charge in [0.2, 0.25) is 5.13 Å². The van der Waals surface area contributed by atoms with Crippen molar-refractivity contribution >= 4 is 16.7 Å². The molecular formula is C15H19N3OS. The molecule has 3 rings (SSSR count). The number of methoxy groups -OCH3 is 1. The lowest BCUT2D eigenvalue weighted by molar-refractivity contribution is 0.0498. The molecule has 1 aromatic carbocycles. The van der Waals surface area contributed by atoms with E-state index < -0.39 is 0 Å². The molecule has 0 radical (unpaired) electrons. The Balaban J connectivity index is 1.77. The summed E-state index contributed by atoms with van der Waals surface area (Å²) in [4.78, 5) is 6.97. The molecule has 0 spiro atoms. The maximum absolute atomic E-state index is 5.56. The third-order valence-electron chi connectivity index (χ3n) is 3.91.